The number of carbonyl (C=O) groups excluding carboxylic acids is 1. The average Bonchev–Trinajstić information content (AvgIpc) is 3.27. The van der Waals surface area contributed by atoms with E-state index >= 15 is 0 Å². The number of aldehydes is 1. The van der Waals surface area contributed by atoms with Crippen LogP contribution in [0.4, 0.5) is 4.39 Å². The SMILES string of the molecule is O=CC1CCC(Cc2ccc3ccc4c5ccccc5ccc4c3c2)c2[nH]c3cc(F)ccc3c21. The van der Waals surface area contributed by atoms with Gasteiger partial charge in [-0.15, -0.1) is 0 Å². The summed E-state index contributed by atoms with van der Waals surface area (Å²) in [5.74, 6) is -0.122. The summed E-state index contributed by atoms with van der Waals surface area (Å²) in [7, 11) is 0. The minimum Gasteiger partial charge on any atom is -0.358 e. The molecule has 2 nitrogen and oxygen atoms in total. The van der Waals surface area contributed by atoms with Crippen molar-refractivity contribution in [1.82, 2.24) is 4.98 Å². The number of H-pyrrole nitrogens is 1. The normalized spacial score (nSPS) is 17.9. The summed E-state index contributed by atoms with van der Waals surface area (Å²) in [6.07, 6.45) is 3.70. The molecule has 0 fully saturated rings. The van der Waals surface area contributed by atoms with E-state index in [0.717, 1.165) is 47.7 Å². The van der Waals surface area contributed by atoms with Crippen molar-refractivity contribution in [2.24, 2.45) is 0 Å². The zero-order valence-electron chi connectivity index (χ0n) is 19.2. The second kappa shape index (κ2) is 7.78. The van der Waals surface area contributed by atoms with Gasteiger partial charge in [-0.3, -0.25) is 0 Å². The molecular formula is C32H24FNO. The zero-order valence-corrected chi connectivity index (χ0v) is 19.2. The van der Waals surface area contributed by atoms with E-state index in [1.165, 1.54) is 43.9 Å². The van der Waals surface area contributed by atoms with Crippen LogP contribution in [-0.2, 0) is 11.2 Å². The van der Waals surface area contributed by atoms with Crippen molar-refractivity contribution >= 4 is 49.5 Å². The van der Waals surface area contributed by atoms with Gasteiger partial charge in [-0.1, -0.05) is 66.7 Å². The highest BCUT2D eigenvalue weighted by Crippen LogP contribution is 2.43. The Morgan fingerprint density at radius 2 is 1.51 bits per heavy atom. The summed E-state index contributed by atoms with van der Waals surface area (Å²) < 4.78 is 13.9. The quantitative estimate of drug-likeness (QED) is 0.211. The van der Waals surface area contributed by atoms with Gasteiger partial charge in [0.05, 0.1) is 0 Å². The van der Waals surface area contributed by atoms with Crippen molar-refractivity contribution < 1.29 is 9.18 Å². The van der Waals surface area contributed by atoms with Gasteiger partial charge in [0.15, 0.2) is 0 Å². The molecule has 2 atom stereocenters. The van der Waals surface area contributed by atoms with Crippen molar-refractivity contribution in [3.63, 3.8) is 0 Å². The van der Waals surface area contributed by atoms with Gasteiger partial charge in [-0.05, 0) is 80.9 Å². The van der Waals surface area contributed by atoms with Crippen LogP contribution in [0.25, 0.3) is 43.2 Å². The van der Waals surface area contributed by atoms with Crippen LogP contribution in [0.1, 0.15) is 41.5 Å². The van der Waals surface area contributed by atoms with Gasteiger partial charge >= 0.3 is 0 Å². The van der Waals surface area contributed by atoms with E-state index in [9.17, 15) is 9.18 Å². The first-order valence-corrected chi connectivity index (χ1v) is 12.3. The number of aromatic amines is 1. The van der Waals surface area contributed by atoms with Gasteiger partial charge < -0.3 is 9.78 Å². The van der Waals surface area contributed by atoms with Crippen LogP contribution < -0.4 is 0 Å². The van der Waals surface area contributed by atoms with E-state index in [-0.39, 0.29) is 17.7 Å². The van der Waals surface area contributed by atoms with Crippen molar-refractivity contribution in [2.75, 3.05) is 0 Å². The largest absolute Gasteiger partial charge is 0.358 e. The lowest BCUT2D eigenvalue weighted by atomic mass is 9.77. The Balaban J connectivity index is 1.34. The van der Waals surface area contributed by atoms with Crippen LogP contribution in [0.15, 0.2) is 84.9 Å². The second-order valence-corrected chi connectivity index (χ2v) is 9.87. The van der Waals surface area contributed by atoms with E-state index in [1.54, 1.807) is 6.07 Å². The van der Waals surface area contributed by atoms with Crippen LogP contribution >= 0.6 is 0 Å². The Morgan fingerprint density at radius 3 is 2.37 bits per heavy atom. The first kappa shape index (κ1) is 20.4. The van der Waals surface area contributed by atoms with Crippen LogP contribution in [0.2, 0.25) is 0 Å². The third kappa shape index (κ3) is 3.19. The molecule has 1 N–H and O–H groups in total. The summed E-state index contributed by atoms with van der Waals surface area (Å²) in [5, 5.41) is 8.56. The Hall–Kier alpha value is -3.98. The average molecular weight is 458 g/mol. The standard InChI is InChI=1S/C32H24FNO/c33-24-11-14-28-30(17-24)34-32-22(7-8-23(18-35)31(28)32)15-19-5-6-21-10-12-26-25-4-2-1-3-20(25)9-13-27(26)29(21)16-19/h1-6,9-14,16-18,22-23,34H,7-8,15H2. The molecule has 0 saturated carbocycles. The third-order valence-electron chi connectivity index (χ3n) is 7.89. The minimum atomic E-state index is -0.260. The van der Waals surface area contributed by atoms with Crippen molar-refractivity contribution in [2.45, 2.75) is 31.1 Å². The molecule has 0 saturated heterocycles. The van der Waals surface area contributed by atoms with Gasteiger partial charge in [0.1, 0.15) is 12.1 Å². The van der Waals surface area contributed by atoms with Crippen molar-refractivity contribution in [3.8, 4) is 0 Å². The molecule has 1 aromatic heterocycles. The number of aromatic nitrogens is 1. The molecule has 1 aliphatic rings. The molecule has 7 rings (SSSR count). The van der Waals surface area contributed by atoms with E-state index in [4.69, 9.17) is 0 Å². The maximum absolute atomic E-state index is 13.9. The highest BCUT2D eigenvalue weighted by molar-refractivity contribution is 6.17. The Morgan fingerprint density at radius 1 is 0.771 bits per heavy atom. The molecule has 5 aromatic carbocycles. The lowest BCUT2D eigenvalue weighted by Crippen LogP contribution is -2.16. The fourth-order valence-electron chi connectivity index (χ4n) is 6.22. The van der Waals surface area contributed by atoms with E-state index in [0.29, 0.717) is 0 Å². The molecule has 0 spiro atoms. The van der Waals surface area contributed by atoms with E-state index < -0.39 is 0 Å². The molecule has 0 amide bonds. The molecule has 0 radical (unpaired) electrons. The van der Waals surface area contributed by atoms with Crippen molar-refractivity contribution in [3.05, 3.63) is 108 Å². The maximum Gasteiger partial charge on any atom is 0.127 e. The number of benzene rings is 5. The topological polar surface area (TPSA) is 32.9 Å². The van der Waals surface area contributed by atoms with Gasteiger partial charge in [0.25, 0.3) is 0 Å². The van der Waals surface area contributed by atoms with Gasteiger partial charge in [-0.2, -0.15) is 0 Å². The van der Waals surface area contributed by atoms with Crippen LogP contribution in [-0.4, -0.2) is 11.3 Å². The van der Waals surface area contributed by atoms with Gasteiger partial charge in [0, 0.05) is 28.4 Å². The molecule has 6 aromatic rings. The van der Waals surface area contributed by atoms with Crippen LogP contribution in [0.3, 0.4) is 0 Å². The van der Waals surface area contributed by atoms with Crippen LogP contribution in [0.5, 0.6) is 0 Å². The van der Waals surface area contributed by atoms with E-state index in [1.807, 2.05) is 6.07 Å². The third-order valence-corrected chi connectivity index (χ3v) is 7.89. The number of hydrogen-bond acceptors (Lipinski definition) is 1. The fourth-order valence-corrected chi connectivity index (χ4v) is 6.22. The highest BCUT2D eigenvalue weighted by Gasteiger charge is 2.31. The number of halogens is 1. The summed E-state index contributed by atoms with van der Waals surface area (Å²) in [5.41, 5.74) is 4.22. The number of hydrogen-bond donors (Lipinski definition) is 1. The minimum absolute atomic E-state index is 0.130. The summed E-state index contributed by atoms with van der Waals surface area (Å²) in [4.78, 5) is 15.4. The molecule has 0 aliphatic heterocycles. The zero-order chi connectivity index (χ0) is 23.5. The number of nitrogens with one attached hydrogen (secondary N) is 1. The first-order valence-electron chi connectivity index (χ1n) is 12.3. The molecule has 1 heterocycles. The molecule has 1 aliphatic carbocycles. The molecule has 35 heavy (non-hydrogen) atoms. The Kier molecular flexibility index (Phi) is 4.53. The van der Waals surface area contributed by atoms with Gasteiger partial charge in [-0.25, -0.2) is 4.39 Å². The van der Waals surface area contributed by atoms with Gasteiger partial charge in [0.2, 0.25) is 0 Å². The number of carbonyl (C=O) groups is 1. The van der Waals surface area contributed by atoms with E-state index in [2.05, 4.69) is 71.7 Å². The summed E-state index contributed by atoms with van der Waals surface area (Å²) in [6.45, 7) is 0. The Bertz CT molecular complexity index is 1780. The number of rotatable bonds is 3. The fraction of sp³-hybridized carbons (Fsp3) is 0.156. The lowest BCUT2D eigenvalue weighted by molar-refractivity contribution is -0.109. The molecule has 3 heteroatoms. The molecule has 0 bridgehead atoms. The Labute approximate surface area is 202 Å². The maximum atomic E-state index is 13.9. The predicted molar refractivity (Wildman–Crippen MR) is 142 cm³/mol. The predicted octanol–water partition coefficient (Wildman–Crippen LogP) is 8.17. The van der Waals surface area contributed by atoms with Crippen molar-refractivity contribution in [1.29, 1.82) is 0 Å². The number of fused-ring (bicyclic) bond motifs is 8. The molecular weight excluding hydrogens is 433 g/mol. The molecule has 170 valence electrons. The first-order chi connectivity index (χ1) is 17.2. The molecule has 2 unspecified atom stereocenters. The summed E-state index contributed by atoms with van der Waals surface area (Å²) in [6, 6.07) is 29.0. The monoisotopic (exact) mass is 457 g/mol. The summed E-state index contributed by atoms with van der Waals surface area (Å²) >= 11 is 0. The second-order valence-electron chi connectivity index (χ2n) is 9.87. The lowest BCUT2D eigenvalue weighted by Gasteiger charge is -2.26. The highest BCUT2D eigenvalue weighted by atomic mass is 19.1. The van der Waals surface area contributed by atoms with Crippen LogP contribution in [0, 0.1) is 5.82 Å². The smallest absolute Gasteiger partial charge is 0.127 e.